The van der Waals surface area contributed by atoms with Gasteiger partial charge in [0.25, 0.3) is 5.91 Å². The molecular formula is C27H28N2O4. The van der Waals surface area contributed by atoms with Crippen LogP contribution in [0.4, 0.5) is 0 Å². The quantitative estimate of drug-likeness (QED) is 0.420. The van der Waals surface area contributed by atoms with Gasteiger partial charge in [0.15, 0.2) is 0 Å². The van der Waals surface area contributed by atoms with Crippen molar-refractivity contribution >= 4 is 17.8 Å². The van der Waals surface area contributed by atoms with Gasteiger partial charge in [-0.25, -0.2) is 4.79 Å². The maximum Gasteiger partial charge on any atom is 0.326 e. The maximum atomic E-state index is 12.3. The number of carbonyl (C=O) groups is 3. The summed E-state index contributed by atoms with van der Waals surface area (Å²) in [6, 6.07) is 25.4. The summed E-state index contributed by atoms with van der Waals surface area (Å²) >= 11 is 0. The smallest absolute Gasteiger partial charge is 0.326 e. The first-order valence-electron chi connectivity index (χ1n) is 11.0. The van der Waals surface area contributed by atoms with Crippen LogP contribution in [0.25, 0.3) is 0 Å². The zero-order valence-corrected chi connectivity index (χ0v) is 18.4. The summed E-state index contributed by atoms with van der Waals surface area (Å²) in [6.45, 7) is 0.455. The number of aliphatic carboxylic acids is 1. The Labute approximate surface area is 193 Å². The average Bonchev–Trinajstić information content (AvgIpc) is 2.85. The molecule has 0 heterocycles. The van der Waals surface area contributed by atoms with Crippen LogP contribution in [-0.4, -0.2) is 28.9 Å². The second kappa shape index (κ2) is 12.2. The fourth-order valence-electron chi connectivity index (χ4n) is 3.44. The average molecular weight is 445 g/mol. The molecule has 0 aliphatic carbocycles. The van der Waals surface area contributed by atoms with Gasteiger partial charge in [0.2, 0.25) is 5.91 Å². The third-order valence-electron chi connectivity index (χ3n) is 5.35. The standard InChI is InChI=1S/C27H28N2O4/c30-25(29-24(27(32)33)17-13-20-7-3-1-4-8-20)18-14-21-11-15-23(16-12-21)26(31)28-19-22-9-5-2-6-10-22/h1-12,15-16,24H,13-14,17-19H2,(H,28,31)(H,29,30)(H,32,33)/t24-/m0/s1. The van der Waals surface area contributed by atoms with Crippen molar-refractivity contribution in [1.82, 2.24) is 10.6 Å². The van der Waals surface area contributed by atoms with Crippen LogP contribution in [0.15, 0.2) is 84.9 Å². The van der Waals surface area contributed by atoms with Crippen molar-refractivity contribution < 1.29 is 19.5 Å². The third-order valence-corrected chi connectivity index (χ3v) is 5.35. The van der Waals surface area contributed by atoms with Gasteiger partial charge in [0, 0.05) is 18.5 Å². The molecule has 0 radical (unpaired) electrons. The van der Waals surface area contributed by atoms with Crippen LogP contribution in [0.5, 0.6) is 0 Å². The third kappa shape index (κ3) is 7.92. The Balaban J connectivity index is 1.44. The summed E-state index contributed by atoms with van der Waals surface area (Å²) in [5.41, 5.74) is 3.51. The molecule has 0 aliphatic heterocycles. The predicted molar refractivity (Wildman–Crippen MR) is 127 cm³/mol. The minimum Gasteiger partial charge on any atom is -0.480 e. The van der Waals surface area contributed by atoms with Gasteiger partial charge in [-0.1, -0.05) is 72.8 Å². The molecule has 6 heteroatoms. The number of nitrogens with one attached hydrogen (secondary N) is 2. The highest BCUT2D eigenvalue weighted by Crippen LogP contribution is 2.09. The monoisotopic (exact) mass is 444 g/mol. The van der Waals surface area contributed by atoms with Crippen molar-refractivity contribution in [3.8, 4) is 0 Å². The number of hydrogen-bond acceptors (Lipinski definition) is 3. The molecule has 3 N–H and O–H groups in total. The molecule has 0 aromatic heterocycles. The zero-order chi connectivity index (χ0) is 23.5. The highest BCUT2D eigenvalue weighted by Gasteiger charge is 2.19. The number of benzene rings is 3. The first-order valence-corrected chi connectivity index (χ1v) is 11.0. The first-order chi connectivity index (χ1) is 16.0. The number of rotatable bonds is 11. The molecule has 0 aliphatic rings. The van der Waals surface area contributed by atoms with Crippen LogP contribution in [0.1, 0.15) is 39.9 Å². The Morgan fingerprint density at radius 3 is 1.91 bits per heavy atom. The van der Waals surface area contributed by atoms with Crippen molar-refractivity contribution in [1.29, 1.82) is 0 Å². The lowest BCUT2D eigenvalue weighted by atomic mass is 10.0. The molecule has 0 saturated heterocycles. The van der Waals surface area contributed by atoms with Crippen molar-refractivity contribution in [2.24, 2.45) is 0 Å². The van der Waals surface area contributed by atoms with E-state index in [-0.39, 0.29) is 18.2 Å². The van der Waals surface area contributed by atoms with Crippen LogP contribution >= 0.6 is 0 Å². The van der Waals surface area contributed by atoms with Crippen molar-refractivity contribution in [3.05, 3.63) is 107 Å². The number of hydrogen-bond donors (Lipinski definition) is 3. The van der Waals surface area contributed by atoms with E-state index in [1.54, 1.807) is 12.1 Å². The fraction of sp³-hybridized carbons (Fsp3) is 0.222. The molecule has 33 heavy (non-hydrogen) atoms. The van der Waals surface area contributed by atoms with E-state index in [1.165, 1.54) is 0 Å². The Morgan fingerprint density at radius 1 is 0.727 bits per heavy atom. The Hall–Kier alpha value is -3.93. The SMILES string of the molecule is O=C(CCc1ccc(C(=O)NCc2ccccc2)cc1)N[C@@H](CCc1ccccc1)C(=O)O. The van der Waals surface area contributed by atoms with Crippen LogP contribution in [0.3, 0.4) is 0 Å². The molecule has 3 rings (SSSR count). The van der Waals surface area contributed by atoms with Crippen LogP contribution in [-0.2, 0) is 29.0 Å². The lowest BCUT2D eigenvalue weighted by molar-refractivity contribution is -0.142. The van der Waals surface area contributed by atoms with Gasteiger partial charge in [-0.15, -0.1) is 0 Å². The molecule has 6 nitrogen and oxygen atoms in total. The minimum absolute atomic E-state index is 0.161. The molecular weight excluding hydrogens is 416 g/mol. The molecule has 170 valence electrons. The second-order valence-corrected chi connectivity index (χ2v) is 7.85. The molecule has 0 unspecified atom stereocenters. The minimum atomic E-state index is -1.04. The normalized spacial score (nSPS) is 11.4. The van der Waals surface area contributed by atoms with E-state index in [9.17, 15) is 19.5 Å². The molecule has 1 atom stereocenters. The topological polar surface area (TPSA) is 95.5 Å². The number of aryl methyl sites for hydroxylation is 2. The summed E-state index contributed by atoms with van der Waals surface area (Å²) < 4.78 is 0. The van der Waals surface area contributed by atoms with E-state index in [0.29, 0.717) is 31.4 Å². The van der Waals surface area contributed by atoms with E-state index >= 15 is 0 Å². The molecule has 0 bridgehead atoms. The lowest BCUT2D eigenvalue weighted by Crippen LogP contribution is -2.41. The molecule has 2 amide bonds. The van der Waals surface area contributed by atoms with Gasteiger partial charge in [-0.3, -0.25) is 9.59 Å². The van der Waals surface area contributed by atoms with Gasteiger partial charge in [-0.2, -0.15) is 0 Å². The maximum absolute atomic E-state index is 12.3. The van der Waals surface area contributed by atoms with Crippen LogP contribution < -0.4 is 10.6 Å². The lowest BCUT2D eigenvalue weighted by Gasteiger charge is -2.14. The summed E-state index contributed by atoms with van der Waals surface area (Å²) in [7, 11) is 0. The van der Waals surface area contributed by atoms with Crippen molar-refractivity contribution in [2.45, 2.75) is 38.3 Å². The summed E-state index contributed by atoms with van der Waals surface area (Å²) in [6.07, 6.45) is 1.54. The van der Waals surface area contributed by atoms with Gasteiger partial charge in [-0.05, 0) is 48.1 Å². The molecule has 3 aromatic rings. The van der Waals surface area contributed by atoms with E-state index in [1.807, 2.05) is 72.8 Å². The van der Waals surface area contributed by atoms with Crippen molar-refractivity contribution in [2.75, 3.05) is 0 Å². The van der Waals surface area contributed by atoms with Crippen LogP contribution in [0.2, 0.25) is 0 Å². The molecule has 0 spiro atoms. The molecule has 3 aromatic carbocycles. The number of amides is 2. The first kappa shape index (κ1) is 23.7. The Morgan fingerprint density at radius 2 is 1.30 bits per heavy atom. The van der Waals surface area contributed by atoms with Gasteiger partial charge >= 0.3 is 5.97 Å². The molecule has 0 saturated carbocycles. The second-order valence-electron chi connectivity index (χ2n) is 7.85. The van der Waals surface area contributed by atoms with Gasteiger partial charge in [0.05, 0.1) is 0 Å². The highest BCUT2D eigenvalue weighted by molar-refractivity contribution is 5.94. The van der Waals surface area contributed by atoms with E-state index in [0.717, 1.165) is 16.7 Å². The number of carboxylic acids is 1. The van der Waals surface area contributed by atoms with Crippen molar-refractivity contribution in [3.63, 3.8) is 0 Å². The highest BCUT2D eigenvalue weighted by atomic mass is 16.4. The number of carboxylic acid groups (broad SMARTS) is 1. The number of carbonyl (C=O) groups excluding carboxylic acids is 2. The summed E-state index contributed by atoms with van der Waals surface area (Å²) in [4.78, 5) is 36.1. The van der Waals surface area contributed by atoms with E-state index in [4.69, 9.17) is 0 Å². The molecule has 0 fully saturated rings. The predicted octanol–water partition coefficient (Wildman–Crippen LogP) is 3.75. The largest absolute Gasteiger partial charge is 0.480 e. The van der Waals surface area contributed by atoms with Gasteiger partial charge < -0.3 is 15.7 Å². The van der Waals surface area contributed by atoms with Gasteiger partial charge in [0.1, 0.15) is 6.04 Å². The Bertz CT molecular complexity index is 1050. The fourth-order valence-corrected chi connectivity index (χ4v) is 3.44. The van der Waals surface area contributed by atoms with E-state index < -0.39 is 12.0 Å². The van der Waals surface area contributed by atoms with Crippen LogP contribution in [0, 0.1) is 0 Å². The van der Waals surface area contributed by atoms with E-state index in [2.05, 4.69) is 10.6 Å². The summed E-state index contributed by atoms with van der Waals surface area (Å²) in [5.74, 6) is -1.50. The zero-order valence-electron chi connectivity index (χ0n) is 18.4. The Kier molecular flexibility index (Phi) is 8.77. The summed E-state index contributed by atoms with van der Waals surface area (Å²) in [5, 5.41) is 14.9.